The van der Waals surface area contributed by atoms with E-state index in [0.29, 0.717) is 37.1 Å². The van der Waals surface area contributed by atoms with Gasteiger partial charge in [-0.15, -0.1) is 0 Å². The average Bonchev–Trinajstić information content (AvgIpc) is 3.21. The Kier molecular flexibility index (Phi) is 4.89. The summed E-state index contributed by atoms with van der Waals surface area (Å²) in [4.78, 5) is 22.5. The van der Waals surface area contributed by atoms with Gasteiger partial charge in [-0.25, -0.2) is 0 Å². The molecule has 2 atom stereocenters. The van der Waals surface area contributed by atoms with Gasteiger partial charge in [0.05, 0.1) is 5.92 Å². The summed E-state index contributed by atoms with van der Waals surface area (Å²) in [5.41, 5.74) is 0.825. The highest BCUT2D eigenvalue weighted by Gasteiger charge is 2.39. The molecular weight excluding hydrogens is 308 g/mol. The summed E-state index contributed by atoms with van der Waals surface area (Å²) in [6, 6.07) is 3.62. The molecule has 0 bridgehead atoms. The van der Waals surface area contributed by atoms with Crippen molar-refractivity contribution in [3.05, 3.63) is 30.4 Å². The van der Waals surface area contributed by atoms with E-state index in [-0.39, 0.29) is 24.3 Å². The normalized spacial score (nSPS) is 20.8. The molecule has 0 unspecified atom stereocenters. The summed E-state index contributed by atoms with van der Waals surface area (Å²) < 4.78 is 5.41. The number of likely N-dealkylation sites (tertiary alicyclic amines) is 1. The molecular formula is C17H22N4O3. The van der Waals surface area contributed by atoms with Crippen molar-refractivity contribution >= 4 is 5.91 Å². The van der Waals surface area contributed by atoms with Crippen LogP contribution in [0.15, 0.2) is 29.0 Å². The molecule has 0 aliphatic carbocycles. The van der Waals surface area contributed by atoms with Crippen LogP contribution in [-0.2, 0) is 4.79 Å². The minimum absolute atomic E-state index is 0.0108. The lowest BCUT2D eigenvalue weighted by Crippen LogP contribution is -2.30. The van der Waals surface area contributed by atoms with E-state index in [1.165, 1.54) is 0 Å². The molecule has 1 aliphatic heterocycles. The molecule has 0 spiro atoms. The monoisotopic (exact) mass is 330 g/mol. The Morgan fingerprint density at radius 2 is 2.12 bits per heavy atom. The smallest absolute Gasteiger partial charge is 0.232 e. The third kappa shape index (κ3) is 3.46. The Labute approximate surface area is 140 Å². The first-order valence-electron chi connectivity index (χ1n) is 8.21. The molecule has 7 nitrogen and oxygen atoms in total. The van der Waals surface area contributed by atoms with Gasteiger partial charge >= 0.3 is 0 Å². The molecule has 0 aromatic carbocycles. The second kappa shape index (κ2) is 7.09. The number of hydrogen-bond donors (Lipinski definition) is 1. The molecule has 1 saturated heterocycles. The van der Waals surface area contributed by atoms with Gasteiger partial charge in [0, 0.05) is 50.0 Å². The van der Waals surface area contributed by atoms with E-state index in [1.807, 2.05) is 26.0 Å². The highest BCUT2D eigenvalue weighted by Crippen LogP contribution is 2.33. The molecule has 128 valence electrons. The number of carbonyl (C=O) groups excluding carboxylic acids is 1. The minimum atomic E-state index is -0.130. The van der Waals surface area contributed by atoms with Crippen LogP contribution in [0, 0.1) is 11.8 Å². The number of hydrogen-bond acceptors (Lipinski definition) is 6. The van der Waals surface area contributed by atoms with Crippen molar-refractivity contribution < 1.29 is 14.4 Å². The average molecular weight is 330 g/mol. The molecule has 2 aromatic rings. The van der Waals surface area contributed by atoms with Crippen LogP contribution >= 0.6 is 0 Å². The molecule has 1 amide bonds. The summed E-state index contributed by atoms with van der Waals surface area (Å²) in [7, 11) is 0. The number of aliphatic hydroxyl groups is 1. The maximum atomic E-state index is 12.3. The van der Waals surface area contributed by atoms with Crippen molar-refractivity contribution in [1.29, 1.82) is 0 Å². The highest BCUT2D eigenvalue weighted by molar-refractivity contribution is 5.76. The zero-order valence-corrected chi connectivity index (χ0v) is 13.9. The zero-order chi connectivity index (χ0) is 17.1. The molecule has 3 heterocycles. The van der Waals surface area contributed by atoms with Gasteiger partial charge < -0.3 is 14.5 Å². The van der Waals surface area contributed by atoms with E-state index in [4.69, 9.17) is 4.52 Å². The van der Waals surface area contributed by atoms with Crippen molar-refractivity contribution in [2.45, 2.75) is 26.2 Å². The third-order valence-electron chi connectivity index (χ3n) is 4.31. The van der Waals surface area contributed by atoms with Gasteiger partial charge in [0.2, 0.25) is 17.6 Å². The fourth-order valence-electron chi connectivity index (χ4n) is 3.02. The predicted octanol–water partition coefficient (Wildman–Crippen LogP) is 1.71. The van der Waals surface area contributed by atoms with Crippen molar-refractivity contribution in [3.63, 3.8) is 0 Å². The maximum absolute atomic E-state index is 12.3. The summed E-state index contributed by atoms with van der Waals surface area (Å²) >= 11 is 0. The van der Waals surface area contributed by atoms with Crippen molar-refractivity contribution in [3.8, 4) is 11.4 Å². The van der Waals surface area contributed by atoms with E-state index in [9.17, 15) is 9.90 Å². The zero-order valence-electron chi connectivity index (χ0n) is 13.9. The molecule has 1 fully saturated rings. The van der Waals surface area contributed by atoms with Crippen LogP contribution in [0.5, 0.6) is 0 Å². The summed E-state index contributed by atoms with van der Waals surface area (Å²) in [6.45, 7) is 5.07. The molecule has 24 heavy (non-hydrogen) atoms. The Balaban J connectivity index is 1.76. The molecule has 0 radical (unpaired) electrons. The molecule has 2 aromatic heterocycles. The lowest BCUT2D eigenvalue weighted by atomic mass is 9.97. The molecule has 1 N–H and O–H groups in total. The van der Waals surface area contributed by atoms with E-state index in [0.717, 1.165) is 5.56 Å². The van der Waals surface area contributed by atoms with Gasteiger partial charge in [-0.05, 0) is 18.1 Å². The van der Waals surface area contributed by atoms with E-state index < -0.39 is 0 Å². The van der Waals surface area contributed by atoms with Gasteiger partial charge in [-0.2, -0.15) is 4.98 Å². The van der Waals surface area contributed by atoms with Crippen LogP contribution < -0.4 is 0 Å². The second-order valence-electron chi connectivity index (χ2n) is 6.64. The van der Waals surface area contributed by atoms with Crippen LogP contribution in [0.25, 0.3) is 11.4 Å². The van der Waals surface area contributed by atoms with E-state index in [2.05, 4.69) is 15.1 Å². The lowest BCUT2D eigenvalue weighted by Gasteiger charge is -2.17. The summed E-state index contributed by atoms with van der Waals surface area (Å²) in [5, 5.41) is 13.7. The number of aliphatic hydroxyl groups excluding tert-OH is 1. The number of carbonyl (C=O) groups is 1. The van der Waals surface area contributed by atoms with Crippen molar-refractivity contribution in [2.75, 3.05) is 19.7 Å². The summed E-state index contributed by atoms with van der Waals surface area (Å²) in [5.74, 6) is 1.18. The van der Waals surface area contributed by atoms with Gasteiger partial charge in [-0.1, -0.05) is 19.0 Å². The topological polar surface area (TPSA) is 92.4 Å². The number of aromatic nitrogens is 3. The molecule has 1 aliphatic rings. The van der Waals surface area contributed by atoms with E-state index in [1.54, 1.807) is 17.3 Å². The van der Waals surface area contributed by atoms with Crippen LogP contribution in [-0.4, -0.2) is 50.7 Å². The number of pyridine rings is 1. The van der Waals surface area contributed by atoms with Crippen LogP contribution in [0.3, 0.4) is 0 Å². The molecule has 0 saturated carbocycles. The third-order valence-corrected chi connectivity index (χ3v) is 4.31. The van der Waals surface area contributed by atoms with Gasteiger partial charge in [-0.3, -0.25) is 9.78 Å². The lowest BCUT2D eigenvalue weighted by molar-refractivity contribution is -0.131. The van der Waals surface area contributed by atoms with Gasteiger partial charge in [0.15, 0.2) is 0 Å². The summed E-state index contributed by atoms with van der Waals surface area (Å²) in [6.07, 6.45) is 3.85. The standard InChI is InChI=1S/C17H22N4O3/c1-11(2)7-15(23)21-8-13(10-22)14(9-21)17-19-16(20-24-17)12-3-5-18-6-4-12/h3-6,11,13-14,22H,7-10H2,1-2H3/t13-,14+/m0/s1. The quantitative estimate of drug-likeness (QED) is 0.897. The number of amides is 1. The molecule has 3 rings (SSSR count). The minimum Gasteiger partial charge on any atom is -0.396 e. The molecule has 7 heteroatoms. The number of rotatable bonds is 5. The van der Waals surface area contributed by atoms with Gasteiger partial charge in [0.25, 0.3) is 0 Å². The first kappa shape index (κ1) is 16.6. The van der Waals surface area contributed by atoms with Crippen LogP contribution in [0.4, 0.5) is 0 Å². The fourth-order valence-corrected chi connectivity index (χ4v) is 3.02. The highest BCUT2D eigenvalue weighted by atomic mass is 16.5. The Morgan fingerprint density at radius 3 is 2.79 bits per heavy atom. The van der Waals surface area contributed by atoms with E-state index >= 15 is 0 Å². The van der Waals surface area contributed by atoms with Crippen molar-refractivity contribution in [1.82, 2.24) is 20.0 Å². The number of nitrogens with zero attached hydrogens (tertiary/aromatic N) is 4. The predicted molar refractivity (Wildman–Crippen MR) is 86.9 cm³/mol. The maximum Gasteiger partial charge on any atom is 0.232 e. The first-order chi connectivity index (χ1) is 11.6. The fraction of sp³-hybridized carbons (Fsp3) is 0.529. The Morgan fingerprint density at radius 1 is 1.38 bits per heavy atom. The Hall–Kier alpha value is -2.28. The first-order valence-corrected chi connectivity index (χ1v) is 8.21. The van der Waals surface area contributed by atoms with Crippen LogP contribution in [0.1, 0.15) is 32.1 Å². The Bertz CT molecular complexity index is 686. The SMILES string of the molecule is CC(C)CC(=O)N1C[C@@H](CO)[C@H](c2nc(-c3ccncc3)no2)C1. The van der Waals surface area contributed by atoms with Crippen LogP contribution in [0.2, 0.25) is 0 Å². The van der Waals surface area contributed by atoms with Crippen molar-refractivity contribution in [2.24, 2.45) is 11.8 Å². The second-order valence-corrected chi connectivity index (χ2v) is 6.64. The largest absolute Gasteiger partial charge is 0.396 e. The van der Waals surface area contributed by atoms with Gasteiger partial charge in [0.1, 0.15) is 0 Å².